The van der Waals surface area contributed by atoms with Crippen molar-refractivity contribution in [2.75, 3.05) is 0 Å². The molecule has 0 bridgehead atoms. The molecule has 0 amide bonds. The summed E-state index contributed by atoms with van der Waals surface area (Å²) in [5, 5.41) is 10.4. The number of nitrogens with zero attached hydrogens (tertiary/aromatic N) is 3. The van der Waals surface area contributed by atoms with Crippen molar-refractivity contribution in [3.05, 3.63) is 40.5 Å². The Balaban J connectivity index is 2.27. The molecule has 0 spiro atoms. The molecule has 0 atom stereocenters. The van der Waals surface area contributed by atoms with E-state index >= 15 is 0 Å². The number of fused-ring (bicyclic) bond motifs is 1. The highest BCUT2D eigenvalue weighted by Crippen LogP contribution is 2.29. The van der Waals surface area contributed by atoms with E-state index in [1.165, 1.54) is 16.7 Å². The normalized spacial score (nSPS) is 11.3. The lowest BCUT2D eigenvalue weighted by Crippen LogP contribution is -2.03. The topological polar surface area (TPSA) is 56.2 Å². The fraction of sp³-hybridized carbons (Fsp3) is 0.231. The molecule has 0 unspecified atom stereocenters. The summed E-state index contributed by atoms with van der Waals surface area (Å²) in [4.78, 5) is 0.894. The smallest absolute Gasteiger partial charge is 0.216 e. The van der Waals surface area contributed by atoms with Gasteiger partial charge in [0.1, 0.15) is 0 Å². The predicted molar refractivity (Wildman–Crippen MR) is 73.7 cm³/mol. The number of aromatic nitrogens is 3. The Morgan fingerprint density at radius 1 is 1.28 bits per heavy atom. The molecule has 2 heterocycles. The monoisotopic (exact) mass is 258 g/mol. The summed E-state index contributed by atoms with van der Waals surface area (Å²) in [5.41, 5.74) is 10.6. The first-order chi connectivity index (χ1) is 8.70. The average Bonchev–Trinajstić information content (AvgIpc) is 2.90. The Labute approximate surface area is 109 Å². The Morgan fingerprint density at radius 2 is 2.11 bits per heavy atom. The van der Waals surface area contributed by atoms with E-state index in [0.717, 1.165) is 16.5 Å². The number of benzene rings is 1. The Kier molecular flexibility index (Phi) is 2.65. The van der Waals surface area contributed by atoms with Crippen LogP contribution in [0.25, 0.3) is 16.2 Å². The van der Waals surface area contributed by atoms with Gasteiger partial charge in [0.25, 0.3) is 0 Å². The van der Waals surface area contributed by atoms with Gasteiger partial charge in [0.05, 0.1) is 12.2 Å². The van der Waals surface area contributed by atoms with E-state index in [2.05, 4.69) is 47.6 Å². The predicted octanol–water partition coefficient (Wildman–Crippen LogP) is 2.53. The average molecular weight is 258 g/mol. The zero-order valence-corrected chi connectivity index (χ0v) is 11.2. The first-order valence-corrected chi connectivity index (χ1v) is 6.68. The quantitative estimate of drug-likeness (QED) is 0.768. The third kappa shape index (κ3) is 1.63. The van der Waals surface area contributed by atoms with Gasteiger partial charge in [0.2, 0.25) is 4.96 Å². The minimum Gasteiger partial charge on any atom is -0.324 e. The molecule has 2 aromatic heterocycles. The van der Waals surface area contributed by atoms with Gasteiger partial charge in [-0.3, -0.25) is 4.40 Å². The van der Waals surface area contributed by atoms with Crippen LogP contribution in [0.4, 0.5) is 0 Å². The second kappa shape index (κ2) is 4.19. The van der Waals surface area contributed by atoms with Crippen molar-refractivity contribution in [3.63, 3.8) is 0 Å². The summed E-state index contributed by atoms with van der Waals surface area (Å²) in [6.07, 6.45) is 0. The van der Waals surface area contributed by atoms with Gasteiger partial charge in [-0.15, -0.1) is 21.5 Å². The number of nitrogens with two attached hydrogens (primary N) is 1. The molecular formula is C13H14N4S. The van der Waals surface area contributed by atoms with Crippen LogP contribution in [0, 0.1) is 13.8 Å². The standard InChI is InChI=1S/C13H14N4S/c1-8-3-4-10(9(2)5-8)11-7-18-13-16-15-12(6-14)17(11)13/h3-5,7H,6,14H2,1-2H3. The lowest BCUT2D eigenvalue weighted by molar-refractivity contribution is 0.887. The number of hydrogen-bond acceptors (Lipinski definition) is 4. The van der Waals surface area contributed by atoms with Crippen LogP contribution in [0.5, 0.6) is 0 Å². The van der Waals surface area contributed by atoms with Crippen molar-refractivity contribution in [1.82, 2.24) is 14.6 Å². The van der Waals surface area contributed by atoms with E-state index in [1.54, 1.807) is 11.3 Å². The summed E-state index contributed by atoms with van der Waals surface area (Å²) in [6.45, 7) is 4.62. The molecule has 18 heavy (non-hydrogen) atoms. The van der Waals surface area contributed by atoms with Gasteiger partial charge < -0.3 is 5.73 Å². The Hall–Kier alpha value is -1.72. The summed E-state index contributed by atoms with van der Waals surface area (Å²) < 4.78 is 2.04. The van der Waals surface area contributed by atoms with Gasteiger partial charge in [0.15, 0.2) is 5.82 Å². The molecule has 3 aromatic rings. The van der Waals surface area contributed by atoms with E-state index in [0.29, 0.717) is 6.54 Å². The van der Waals surface area contributed by atoms with Crippen molar-refractivity contribution < 1.29 is 0 Å². The largest absolute Gasteiger partial charge is 0.324 e. The molecule has 3 rings (SSSR count). The van der Waals surface area contributed by atoms with Crippen molar-refractivity contribution in [2.45, 2.75) is 20.4 Å². The molecule has 0 fully saturated rings. The molecule has 0 saturated carbocycles. The minimum atomic E-state index is 0.399. The molecule has 0 saturated heterocycles. The summed E-state index contributed by atoms with van der Waals surface area (Å²) in [5.74, 6) is 0.807. The highest BCUT2D eigenvalue weighted by Gasteiger charge is 2.13. The lowest BCUT2D eigenvalue weighted by Gasteiger charge is -2.06. The van der Waals surface area contributed by atoms with Gasteiger partial charge >= 0.3 is 0 Å². The van der Waals surface area contributed by atoms with Gasteiger partial charge in [0, 0.05) is 10.9 Å². The van der Waals surface area contributed by atoms with Crippen molar-refractivity contribution >= 4 is 16.3 Å². The van der Waals surface area contributed by atoms with Crippen molar-refractivity contribution in [2.24, 2.45) is 5.73 Å². The Bertz CT molecular complexity index is 711. The van der Waals surface area contributed by atoms with Crippen LogP contribution < -0.4 is 5.73 Å². The highest BCUT2D eigenvalue weighted by atomic mass is 32.1. The van der Waals surface area contributed by atoms with Crippen LogP contribution >= 0.6 is 11.3 Å². The van der Waals surface area contributed by atoms with Gasteiger partial charge in [-0.25, -0.2) is 0 Å². The summed E-state index contributed by atoms with van der Waals surface area (Å²) >= 11 is 1.59. The molecule has 5 heteroatoms. The van der Waals surface area contributed by atoms with E-state index in [9.17, 15) is 0 Å². The van der Waals surface area contributed by atoms with Crippen LogP contribution in [0.2, 0.25) is 0 Å². The van der Waals surface area contributed by atoms with Gasteiger partial charge in [-0.2, -0.15) is 0 Å². The fourth-order valence-corrected chi connectivity index (χ4v) is 3.04. The zero-order valence-electron chi connectivity index (χ0n) is 10.3. The second-order valence-electron chi connectivity index (χ2n) is 4.38. The molecule has 0 aliphatic heterocycles. The maximum atomic E-state index is 5.71. The Morgan fingerprint density at radius 3 is 2.83 bits per heavy atom. The van der Waals surface area contributed by atoms with Crippen molar-refractivity contribution in [3.8, 4) is 11.3 Å². The molecule has 0 aliphatic carbocycles. The van der Waals surface area contributed by atoms with Gasteiger partial charge in [-0.1, -0.05) is 23.8 Å². The van der Waals surface area contributed by atoms with Gasteiger partial charge in [-0.05, 0) is 19.4 Å². The van der Waals surface area contributed by atoms with Crippen LogP contribution in [-0.4, -0.2) is 14.6 Å². The molecule has 0 radical (unpaired) electrons. The minimum absolute atomic E-state index is 0.399. The van der Waals surface area contributed by atoms with Crippen LogP contribution in [0.1, 0.15) is 17.0 Å². The third-order valence-electron chi connectivity index (χ3n) is 3.06. The second-order valence-corrected chi connectivity index (χ2v) is 5.21. The molecule has 0 aliphatic rings. The van der Waals surface area contributed by atoms with Crippen molar-refractivity contribution in [1.29, 1.82) is 0 Å². The van der Waals surface area contributed by atoms with E-state index < -0.39 is 0 Å². The zero-order chi connectivity index (χ0) is 12.7. The van der Waals surface area contributed by atoms with Crippen LogP contribution in [0.3, 0.4) is 0 Å². The maximum absolute atomic E-state index is 5.71. The number of thiazole rings is 1. The molecule has 1 aromatic carbocycles. The lowest BCUT2D eigenvalue weighted by atomic mass is 10.0. The summed E-state index contributed by atoms with van der Waals surface area (Å²) in [7, 11) is 0. The first-order valence-electron chi connectivity index (χ1n) is 5.80. The fourth-order valence-electron chi connectivity index (χ4n) is 2.20. The number of aryl methyl sites for hydroxylation is 2. The van der Waals surface area contributed by atoms with E-state index in [1.807, 2.05) is 4.40 Å². The van der Waals surface area contributed by atoms with E-state index in [-0.39, 0.29) is 0 Å². The SMILES string of the molecule is Cc1ccc(-c2csc3nnc(CN)n23)c(C)c1. The highest BCUT2D eigenvalue weighted by molar-refractivity contribution is 7.15. The maximum Gasteiger partial charge on any atom is 0.216 e. The molecule has 4 nitrogen and oxygen atoms in total. The molecular weight excluding hydrogens is 244 g/mol. The third-order valence-corrected chi connectivity index (χ3v) is 3.87. The first kappa shape index (κ1) is 11.4. The van der Waals surface area contributed by atoms with Crippen LogP contribution in [-0.2, 0) is 6.54 Å². The number of hydrogen-bond donors (Lipinski definition) is 1. The van der Waals surface area contributed by atoms with Crippen LogP contribution in [0.15, 0.2) is 23.6 Å². The number of rotatable bonds is 2. The molecule has 2 N–H and O–H groups in total. The van der Waals surface area contributed by atoms with E-state index in [4.69, 9.17) is 5.73 Å². The molecule has 92 valence electrons. The summed E-state index contributed by atoms with van der Waals surface area (Å²) in [6, 6.07) is 6.45.